The van der Waals surface area contributed by atoms with Crippen LogP contribution >= 0.6 is 11.8 Å². The molecule has 2 heterocycles. The van der Waals surface area contributed by atoms with E-state index in [1.54, 1.807) is 0 Å². The minimum Gasteiger partial charge on any atom is -0.388 e. The van der Waals surface area contributed by atoms with Crippen molar-refractivity contribution in [3.63, 3.8) is 0 Å². The van der Waals surface area contributed by atoms with E-state index < -0.39 is 5.60 Å². The summed E-state index contributed by atoms with van der Waals surface area (Å²) in [5.74, 6) is 1.96. The summed E-state index contributed by atoms with van der Waals surface area (Å²) >= 11 is 1.85. The first-order valence-electron chi connectivity index (χ1n) is 6.68. The fraction of sp³-hybridized carbons (Fsp3) is 0.786. The van der Waals surface area contributed by atoms with Crippen LogP contribution in [-0.2, 0) is 6.42 Å². The summed E-state index contributed by atoms with van der Waals surface area (Å²) in [5, 5.41) is 15.5. The maximum absolute atomic E-state index is 10.9. The molecule has 0 amide bonds. The average Bonchev–Trinajstić information content (AvgIpc) is 2.71. The smallest absolute Gasteiger partial charge is 0.0844 e. The fourth-order valence-electron chi connectivity index (χ4n) is 2.35. The van der Waals surface area contributed by atoms with Gasteiger partial charge in [-0.1, -0.05) is 13.8 Å². The van der Waals surface area contributed by atoms with Gasteiger partial charge in [0.2, 0.25) is 0 Å². The number of aliphatic hydroxyl groups is 1. The second kappa shape index (κ2) is 4.89. The molecule has 1 unspecified atom stereocenters. The maximum atomic E-state index is 10.9. The van der Waals surface area contributed by atoms with Crippen molar-refractivity contribution in [1.29, 1.82) is 0 Å². The van der Waals surface area contributed by atoms with Crippen LogP contribution in [0.5, 0.6) is 0 Å². The Morgan fingerprint density at radius 3 is 2.78 bits per heavy atom. The molecule has 18 heavy (non-hydrogen) atoms. The van der Waals surface area contributed by atoms with Crippen LogP contribution in [0.2, 0.25) is 0 Å². The third kappa shape index (κ3) is 2.59. The van der Waals surface area contributed by atoms with Crippen molar-refractivity contribution in [1.82, 2.24) is 9.78 Å². The van der Waals surface area contributed by atoms with Gasteiger partial charge in [-0.25, -0.2) is 0 Å². The summed E-state index contributed by atoms with van der Waals surface area (Å²) in [5.41, 5.74) is 0.341. The minimum atomic E-state index is -0.633. The molecule has 2 rings (SSSR count). The van der Waals surface area contributed by atoms with Gasteiger partial charge in [0.1, 0.15) is 0 Å². The van der Waals surface area contributed by atoms with Crippen molar-refractivity contribution < 1.29 is 5.11 Å². The monoisotopic (exact) mass is 268 g/mol. The summed E-state index contributed by atoms with van der Waals surface area (Å²) < 4.78 is 1.96. The first-order valence-corrected chi connectivity index (χ1v) is 7.84. The Morgan fingerprint density at radius 1 is 1.50 bits per heavy atom. The van der Waals surface area contributed by atoms with Gasteiger partial charge in [-0.2, -0.15) is 16.9 Å². The third-order valence-corrected chi connectivity index (χ3v) is 5.31. The van der Waals surface area contributed by atoms with E-state index in [4.69, 9.17) is 0 Å². The molecule has 1 aliphatic rings. The molecule has 1 fully saturated rings. The zero-order valence-corrected chi connectivity index (χ0v) is 12.6. The molecule has 0 aliphatic carbocycles. The molecule has 1 aromatic rings. The lowest BCUT2D eigenvalue weighted by molar-refractivity contribution is -0.0520. The lowest BCUT2D eigenvalue weighted by atomic mass is 9.71. The molecule has 0 spiro atoms. The molecule has 4 heteroatoms. The number of hydrogen-bond acceptors (Lipinski definition) is 3. The van der Waals surface area contributed by atoms with Gasteiger partial charge in [0, 0.05) is 24.4 Å². The predicted octanol–water partition coefficient (Wildman–Crippen LogP) is 2.90. The van der Waals surface area contributed by atoms with Gasteiger partial charge in [0.25, 0.3) is 0 Å². The van der Waals surface area contributed by atoms with Crippen LogP contribution < -0.4 is 0 Å². The predicted molar refractivity (Wildman–Crippen MR) is 77.0 cm³/mol. The molecular formula is C14H24N2OS. The molecule has 0 aromatic carbocycles. The van der Waals surface area contributed by atoms with Crippen LogP contribution in [0.3, 0.4) is 0 Å². The van der Waals surface area contributed by atoms with Gasteiger partial charge >= 0.3 is 0 Å². The van der Waals surface area contributed by atoms with Crippen molar-refractivity contribution in [2.75, 3.05) is 11.5 Å². The molecule has 0 radical (unpaired) electrons. The molecule has 1 saturated heterocycles. The lowest BCUT2D eigenvalue weighted by Crippen LogP contribution is -2.51. The van der Waals surface area contributed by atoms with Crippen LogP contribution in [0.1, 0.15) is 45.9 Å². The molecule has 0 saturated carbocycles. The molecule has 1 atom stereocenters. The van der Waals surface area contributed by atoms with Crippen molar-refractivity contribution in [3.05, 3.63) is 18.0 Å². The van der Waals surface area contributed by atoms with Crippen molar-refractivity contribution in [3.8, 4) is 0 Å². The molecule has 1 aliphatic heterocycles. The van der Waals surface area contributed by atoms with E-state index >= 15 is 0 Å². The highest BCUT2D eigenvalue weighted by atomic mass is 32.2. The summed E-state index contributed by atoms with van der Waals surface area (Å²) in [6.07, 6.45) is 3.73. The van der Waals surface area contributed by atoms with Crippen LogP contribution in [0.15, 0.2) is 12.3 Å². The van der Waals surface area contributed by atoms with E-state index in [-0.39, 0.29) is 5.41 Å². The maximum Gasteiger partial charge on any atom is 0.0844 e. The Balaban J connectivity index is 2.15. The Bertz CT molecular complexity index is 414. The third-order valence-electron chi connectivity index (χ3n) is 4.14. The number of aromatic nitrogens is 2. The van der Waals surface area contributed by atoms with E-state index in [9.17, 15) is 5.11 Å². The Labute approximate surface area is 114 Å². The van der Waals surface area contributed by atoms with Crippen LogP contribution in [-0.4, -0.2) is 32.0 Å². The highest BCUT2D eigenvalue weighted by molar-refractivity contribution is 7.99. The summed E-state index contributed by atoms with van der Waals surface area (Å²) in [6, 6.07) is 2.41. The topological polar surface area (TPSA) is 38.0 Å². The number of nitrogens with zero attached hydrogens (tertiary/aromatic N) is 2. The Kier molecular flexibility index (Phi) is 3.79. The van der Waals surface area contributed by atoms with Crippen LogP contribution in [0, 0.1) is 5.41 Å². The molecular weight excluding hydrogens is 244 g/mol. The zero-order valence-electron chi connectivity index (χ0n) is 11.8. The summed E-state index contributed by atoms with van der Waals surface area (Å²) in [7, 11) is 0. The Morgan fingerprint density at radius 2 is 2.22 bits per heavy atom. The number of hydrogen-bond donors (Lipinski definition) is 1. The molecule has 102 valence electrons. The first-order chi connectivity index (χ1) is 8.34. The van der Waals surface area contributed by atoms with E-state index in [0.29, 0.717) is 12.5 Å². The fourth-order valence-corrected chi connectivity index (χ4v) is 3.98. The second-order valence-electron chi connectivity index (χ2n) is 6.28. The van der Waals surface area contributed by atoms with Gasteiger partial charge in [-0.15, -0.1) is 0 Å². The van der Waals surface area contributed by atoms with Crippen molar-refractivity contribution in [2.45, 2.75) is 52.2 Å². The molecule has 3 nitrogen and oxygen atoms in total. The Hall–Kier alpha value is -0.480. The van der Waals surface area contributed by atoms with Crippen LogP contribution in [0.4, 0.5) is 0 Å². The van der Waals surface area contributed by atoms with E-state index in [1.807, 2.05) is 28.7 Å². The lowest BCUT2D eigenvalue weighted by Gasteiger charge is -2.46. The average molecular weight is 268 g/mol. The SMILES string of the molecule is CC(C)n1ccc(CC2(O)CSCCC2(C)C)n1. The highest BCUT2D eigenvalue weighted by Crippen LogP contribution is 2.43. The first kappa shape index (κ1) is 13.9. The van der Waals surface area contributed by atoms with Crippen molar-refractivity contribution >= 4 is 11.8 Å². The van der Waals surface area contributed by atoms with E-state index in [2.05, 4.69) is 32.8 Å². The van der Waals surface area contributed by atoms with Gasteiger partial charge in [-0.05, 0) is 37.5 Å². The van der Waals surface area contributed by atoms with Gasteiger partial charge < -0.3 is 5.11 Å². The molecule has 1 aromatic heterocycles. The van der Waals surface area contributed by atoms with Gasteiger partial charge in [0.15, 0.2) is 0 Å². The summed E-state index contributed by atoms with van der Waals surface area (Å²) in [6.45, 7) is 8.58. The minimum absolute atomic E-state index is 0.0279. The number of rotatable bonds is 3. The van der Waals surface area contributed by atoms with E-state index in [1.165, 1.54) is 0 Å². The van der Waals surface area contributed by atoms with E-state index in [0.717, 1.165) is 23.6 Å². The normalized spacial score (nSPS) is 27.7. The van der Waals surface area contributed by atoms with Gasteiger partial charge in [0.05, 0.1) is 11.3 Å². The second-order valence-corrected chi connectivity index (χ2v) is 7.38. The van der Waals surface area contributed by atoms with Gasteiger partial charge in [-0.3, -0.25) is 4.68 Å². The quantitative estimate of drug-likeness (QED) is 0.916. The highest BCUT2D eigenvalue weighted by Gasteiger charge is 2.45. The standard InChI is InChI=1S/C14H24N2OS/c1-11(2)16-7-5-12(15-16)9-14(17)10-18-8-6-13(14,3)4/h5,7,11,17H,6,8-10H2,1-4H3. The zero-order chi connectivity index (χ0) is 13.4. The number of thioether (sulfide) groups is 1. The summed E-state index contributed by atoms with van der Waals surface area (Å²) in [4.78, 5) is 0. The van der Waals surface area contributed by atoms with Crippen LogP contribution in [0.25, 0.3) is 0 Å². The van der Waals surface area contributed by atoms with Crippen molar-refractivity contribution in [2.24, 2.45) is 5.41 Å². The molecule has 1 N–H and O–H groups in total. The molecule has 0 bridgehead atoms. The largest absolute Gasteiger partial charge is 0.388 e.